The topological polar surface area (TPSA) is 75.3 Å². The molecule has 0 atom stereocenters. The number of carbonyl (C=O) groups is 1. The van der Waals surface area contributed by atoms with Gasteiger partial charge in [-0.25, -0.2) is 4.79 Å². The van der Waals surface area contributed by atoms with Crippen LogP contribution in [0, 0.1) is 0 Å². The van der Waals surface area contributed by atoms with Gasteiger partial charge in [-0.1, -0.05) is 30.3 Å². The van der Waals surface area contributed by atoms with Crippen LogP contribution in [0.1, 0.15) is 15.9 Å². The van der Waals surface area contributed by atoms with Crippen LogP contribution in [0.5, 0.6) is 0 Å². The van der Waals surface area contributed by atoms with E-state index in [1.54, 1.807) is 18.2 Å². The number of nitrogen functional groups attached to an aromatic ring is 1. The lowest BCUT2D eigenvalue weighted by atomic mass is 10.1. The van der Waals surface area contributed by atoms with Gasteiger partial charge < -0.3 is 16.2 Å². The molecule has 2 aromatic carbocycles. The molecule has 0 amide bonds. The maximum Gasteiger partial charge on any atom is 0.337 e. The maximum absolute atomic E-state index is 10.9. The number of benzene rings is 2. The minimum absolute atomic E-state index is 0.119. The molecular formula is C14H14N2O2. The molecule has 2 rings (SSSR count). The molecule has 0 spiro atoms. The van der Waals surface area contributed by atoms with Crippen LogP contribution < -0.4 is 11.1 Å². The van der Waals surface area contributed by atoms with Crippen molar-refractivity contribution in [2.24, 2.45) is 0 Å². The van der Waals surface area contributed by atoms with Crippen molar-refractivity contribution in [2.45, 2.75) is 6.54 Å². The molecule has 0 aliphatic heterocycles. The fraction of sp³-hybridized carbons (Fsp3) is 0.0714. The molecule has 0 fully saturated rings. The minimum Gasteiger partial charge on any atom is -0.478 e. The summed E-state index contributed by atoms with van der Waals surface area (Å²) in [4.78, 5) is 10.9. The second-order valence-electron chi connectivity index (χ2n) is 3.95. The number of nitrogens with one attached hydrogen (secondary N) is 1. The molecule has 0 aliphatic carbocycles. The Morgan fingerprint density at radius 3 is 2.56 bits per heavy atom. The normalized spacial score (nSPS) is 10.0. The number of hydrogen-bond donors (Lipinski definition) is 3. The van der Waals surface area contributed by atoms with Gasteiger partial charge in [0.15, 0.2) is 0 Å². The van der Waals surface area contributed by atoms with Crippen LogP contribution in [0.25, 0.3) is 0 Å². The molecule has 0 unspecified atom stereocenters. The quantitative estimate of drug-likeness (QED) is 0.720. The number of nitrogens with two attached hydrogens (primary N) is 1. The molecule has 0 bridgehead atoms. The van der Waals surface area contributed by atoms with E-state index in [1.165, 1.54) is 0 Å². The van der Waals surface area contributed by atoms with Gasteiger partial charge in [0.2, 0.25) is 0 Å². The zero-order valence-electron chi connectivity index (χ0n) is 9.76. The van der Waals surface area contributed by atoms with Crippen molar-refractivity contribution < 1.29 is 9.90 Å². The van der Waals surface area contributed by atoms with Crippen molar-refractivity contribution in [3.8, 4) is 0 Å². The highest BCUT2D eigenvalue weighted by atomic mass is 16.4. The van der Waals surface area contributed by atoms with Crippen LogP contribution >= 0.6 is 0 Å². The standard InChI is InChI=1S/C14H14N2O2/c15-13-7-6-11(8-12(13)14(17)18)16-9-10-4-2-1-3-5-10/h1-8,16H,9,15H2,(H,17,18). The molecular weight excluding hydrogens is 228 g/mol. The Bertz CT molecular complexity index is 553. The summed E-state index contributed by atoms with van der Waals surface area (Å²) in [7, 11) is 0. The van der Waals surface area contributed by atoms with Gasteiger partial charge in [0.05, 0.1) is 5.56 Å². The SMILES string of the molecule is Nc1ccc(NCc2ccccc2)cc1C(=O)O. The highest BCUT2D eigenvalue weighted by Crippen LogP contribution is 2.18. The average Bonchev–Trinajstić information content (AvgIpc) is 2.38. The summed E-state index contributed by atoms with van der Waals surface area (Å²) in [5.41, 5.74) is 7.85. The lowest BCUT2D eigenvalue weighted by Gasteiger charge is -2.08. The summed E-state index contributed by atoms with van der Waals surface area (Å²) in [6.45, 7) is 0.643. The first-order valence-corrected chi connectivity index (χ1v) is 5.57. The van der Waals surface area contributed by atoms with Crippen LogP contribution in [0.2, 0.25) is 0 Å². The fourth-order valence-electron chi connectivity index (χ4n) is 1.65. The first kappa shape index (κ1) is 12.0. The fourth-order valence-corrected chi connectivity index (χ4v) is 1.65. The lowest BCUT2D eigenvalue weighted by molar-refractivity contribution is 0.0698. The molecule has 2 aromatic rings. The summed E-state index contributed by atoms with van der Waals surface area (Å²) in [5.74, 6) is -1.02. The Labute approximate surface area is 105 Å². The van der Waals surface area contributed by atoms with E-state index in [0.29, 0.717) is 6.54 Å². The van der Waals surface area contributed by atoms with Crippen molar-refractivity contribution >= 4 is 17.3 Å². The average molecular weight is 242 g/mol. The van der Waals surface area contributed by atoms with E-state index in [4.69, 9.17) is 10.8 Å². The Morgan fingerprint density at radius 2 is 1.89 bits per heavy atom. The van der Waals surface area contributed by atoms with E-state index in [-0.39, 0.29) is 11.3 Å². The third kappa shape index (κ3) is 2.79. The van der Waals surface area contributed by atoms with Gasteiger partial charge >= 0.3 is 5.97 Å². The molecule has 0 saturated carbocycles. The van der Waals surface area contributed by atoms with E-state index < -0.39 is 5.97 Å². The number of hydrogen-bond acceptors (Lipinski definition) is 3. The van der Waals surface area contributed by atoms with Crippen LogP contribution in [-0.2, 0) is 6.54 Å². The van der Waals surface area contributed by atoms with E-state index in [0.717, 1.165) is 11.3 Å². The molecule has 0 saturated heterocycles. The zero-order chi connectivity index (χ0) is 13.0. The van der Waals surface area contributed by atoms with Crippen LogP contribution in [0.15, 0.2) is 48.5 Å². The number of carboxylic acid groups (broad SMARTS) is 1. The van der Waals surface area contributed by atoms with Gasteiger partial charge in [0.1, 0.15) is 0 Å². The Hall–Kier alpha value is -2.49. The highest BCUT2D eigenvalue weighted by molar-refractivity contribution is 5.94. The number of carboxylic acids is 1. The third-order valence-corrected chi connectivity index (χ3v) is 2.62. The summed E-state index contributed by atoms with van der Waals surface area (Å²) >= 11 is 0. The second kappa shape index (κ2) is 5.23. The van der Waals surface area contributed by atoms with Crippen molar-refractivity contribution in [2.75, 3.05) is 11.1 Å². The van der Waals surface area contributed by atoms with E-state index in [9.17, 15) is 4.79 Å². The Morgan fingerprint density at radius 1 is 1.17 bits per heavy atom. The van der Waals surface area contributed by atoms with Crippen LogP contribution in [0.4, 0.5) is 11.4 Å². The van der Waals surface area contributed by atoms with Gasteiger partial charge in [0, 0.05) is 17.9 Å². The zero-order valence-corrected chi connectivity index (χ0v) is 9.76. The number of rotatable bonds is 4. The summed E-state index contributed by atoms with van der Waals surface area (Å²) < 4.78 is 0. The summed E-state index contributed by atoms with van der Waals surface area (Å²) in [6, 6.07) is 14.8. The molecule has 4 heteroatoms. The van der Waals surface area contributed by atoms with Gasteiger partial charge in [-0.2, -0.15) is 0 Å². The van der Waals surface area contributed by atoms with Crippen molar-refractivity contribution in [3.63, 3.8) is 0 Å². The summed E-state index contributed by atoms with van der Waals surface area (Å²) in [5, 5.41) is 12.1. The van der Waals surface area contributed by atoms with Crippen molar-refractivity contribution in [3.05, 3.63) is 59.7 Å². The molecule has 4 N–H and O–H groups in total. The number of aromatic carboxylic acids is 1. The highest BCUT2D eigenvalue weighted by Gasteiger charge is 2.08. The second-order valence-corrected chi connectivity index (χ2v) is 3.95. The summed E-state index contributed by atoms with van der Waals surface area (Å²) in [6.07, 6.45) is 0. The Balaban J connectivity index is 2.11. The van der Waals surface area contributed by atoms with Gasteiger partial charge in [0.25, 0.3) is 0 Å². The van der Waals surface area contributed by atoms with Crippen molar-refractivity contribution in [1.29, 1.82) is 0 Å². The van der Waals surface area contributed by atoms with Gasteiger partial charge in [-0.05, 0) is 23.8 Å². The molecule has 92 valence electrons. The number of anilines is 2. The van der Waals surface area contributed by atoms with Gasteiger partial charge in [-0.15, -0.1) is 0 Å². The monoisotopic (exact) mass is 242 g/mol. The van der Waals surface area contributed by atoms with Crippen LogP contribution in [-0.4, -0.2) is 11.1 Å². The minimum atomic E-state index is -1.02. The molecule has 0 aromatic heterocycles. The predicted molar refractivity (Wildman–Crippen MR) is 71.6 cm³/mol. The predicted octanol–water partition coefficient (Wildman–Crippen LogP) is 2.58. The van der Waals surface area contributed by atoms with Crippen LogP contribution in [0.3, 0.4) is 0 Å². The first-order valence-electron chi connectivity index (χ1n) is 5.57. The van der Waals surface area contributed by atoms with Gasteiger partial charge in [-0.3, -0.25) is 0 Å². The molecule has 0 radical (unpaired) electrons. The molecule has 0 aliphatic rings. The van der Waals surface area contributed by atoms with E-state index in [1.807, 2.05) is 30.3 Å². The van der Waals surface area contributed by atoms with Crippen molar-refractivity contribution in [1.82, 2.24) is 0 Å². The van der Waals surface area contributed by atoms with E-state index >= 15 is 0 Å². The molecule has 18 heavy (non-hydrogen) atoms. The van der Waals surface area contributed by atoms with E-state index in [2.05, 4.69) is 5.32 Å². The molecule has 4 nitrogen and oxygen atoms in total. The lowest BCUT2D eigenvalue weighted by Crippen LogP contribution is -2.05. The Kier molecular flexibility index (Phi) is 3.48. The first-order chi connectivity index (χ1) is 8.66. The maximum atomic E-state index is 10.9. The largest absolute Gasteiger partial charge is 0.478 e. The molecule has 0 heterocycles. The smallest absolute Gasteiger partial charge is 0.337 e. The third-order valence-electron chi connectivity index (χ3n) is 2.62.